The van der Waals surface area contributed by atoms with E-state index in [1.54, 1.807) is 0 Å². The summed E-state index contributed by atoms with van der Waals surface area (Å²) >= 11 is 0. The molecule has 0 aromatic heterocycles. The SMILES string of the molecule is COC(=O)[C@@H]1CNC[C@H]1CF.Cl. The van der Waals surface area contributed by atoms with Gasteiger partial charge in [0.1, 0.15) is 0 Å². The van der Waals surface area contributed by atoms with Crippen molar-refractivity contribution < 1.29 is 13.9 Å². The molecule has 1 saturated heterocycles. The number of carbonyl (C=O) groups excluding carboxylic acids is 1. The summed E-state index contributed by atoms with van der Waals surface area (Å²) in [6.45, 7) is 0.671. The summed E-state index contributed by atoms with van der Waals surface area (Å²) in [5.74, 6) is -0.787. The minimum atomic E-state index is -0.452. The summed E-state index contributed by atoms with van der Waals surface area (Å²) in [5, 5.41) is 2.95. The van der Waals surface area contributed by atoms with Crippen molar-refractivity contribution in [2.45, 2.75) is 0 Å². The lowest BCUT2D eigenvalue weighted by Gasteiger charge is -2.11. The van der Waals surface area contributed by atoms with E-state index >= 15 is 0 Å². The molecule has 1 fully saturated rings. The monoisotopic (exact) mass is 197 g/mol. The van der Waals surface area contributed by atoms with Crippen LogP contribution >= 0.6 is 12.4 Å². The normalized spacial score (nSPS) is 27.8. The smallest absolute Gasteiger partial charge is 0.310 e. The first-order chi connectivity index (χ1) is 5.29. The quantitative estimate of drug-likeness (QED) is 0.651. The van der Waals surface area contributed by atoms with Gasteiger partial charge in [-0.2, -0.15) is 0 Å². The van der Waals surface area contributed by atoms with Crippen LogP contribution in [0, 0.1) is 11.8 Å². The highest BCUT2D eigenvalue weighted by atomic mass is 35.5. The first-order valence-corrected chi connectivity index (χ1v) is 3.64. The van der Waals surface area contributed by atoms with Crippen LogP contribution in [0.15, 0.2) is 0 Å². The van der Waals surface area contributed by atoms with E-state index < -0.39 is 6.67 Å². The summed E-state index contributed by atoms with van der Waals surface area (Å²) in [5.41, 5.74) is 0. The number of halogens is 2. The number of methoxy groups -OCH3 is 1. The molecule has 5 heteroatoms. The lowest BCUT2D eigenvalue weighted by atomic mass is 9.98. The van der Waals surface area contributed by atoms with E-state index in [4.69, 9.17) is 0 Å². The van der Waals surface area contributed by atoms with Gasteiger partial charge >= 0.3 is 5.97 Å². The number of alkyl halides is 1. The molecule has 12 heavy (non-hydrogen) atoms. The summed E-state index contributed by atoms with van der Waals surface area (Å²) in [6, 6.07) is 0. The molecule has 0 aliphatic carbocycles. The molecular formula is C7H13ClFNO2. The Morgan fingerprint density at radius 3 is 2.83 bits per heavy atom. The summed E-state index contributed by atoms with van der Waals surface area (Å²) in [7, 11) is 1.33. The zero-order chi connectivity index (χ0) is 8.27. The lowest BCUT2D eigenvalue weighted by Crippen LogP contribution is -2.25. The predicted molar refractivity (Wildman–Crippen MR) is 45.1 cm³/mol. The number of esters is 1. The second-order valence-electron chi connectivity index (χ2n) is 2.70. The number of rotatable bonds is 2. The molecular weight excluding hydrogens is 185 g/mol. The van der Waals surface area contributed by atoms with Crippen LogP contribution in [-0.2, 0) is 9.53 Å². The van der Waals surface area contributed by atoms with Crippen molar-refractivity contribution in [1.82, 2.24) is 5.32 Å². The Morgan fingerprint density at radius 2 is 2.33 bits per heavy atom. The molecule has 1 rings (SSSR count). The van der Waals surface area contributed by atoms with Crippen molar-refractivity contribution in [3.8, 4) is 0 Å². The van der Waals surface area contributed by atoms with Gasteiger partial charge in [-0.3, -0.25) is 9.18 Å². The minimum absolute atomic E-state index is 0. The molecule has 1 aliphatic heterocycles. The molecule has 1 heterocycles. The third kappa shape index (κ3) is 2.32. The Labute approximate surface area is 77.1 Å². The molecule has 0 amide bonds. The molecule has 0 unspecified atom stereocenters. The van der Waals surface area contributed by atoms with Crippen LogP contribution in [0.5, 0.6) is 0 Å². The van der Waals surface area contributed by atoms with Crippen LogP contribution in [0.25, 0.3) is 0 Å². The maximum atomic E-state index is 12.2. The van der Waals surface area contributed by atoms with Gasteiger partial charge in [-0.15, -0.1) is 12.4 Å². The molecule has 1 N–H and O–H groups in total. The van der Waals surface area contributed by atoms with Gasteiger partial charge in [0.15, 0.2) is 0 Å². The molecule has 0 saturated carbocycles. The molecule has 0 aromatic rings. The molecule has 0 bridgehead atoms. The highest BCUT2D eigenvalue weighted by Crippen LogP contribution is 2.18. The van der Waals surface area contributed by atoms with E-state index in [0.29, 0.717) is 13.1 Å². The average Bonchev–Trinajstić information content (AvgIpc) is 2.50. The predicted octanol–water partition coefficient (Wildman–Crippen LogP) is 0.386. The van der Waals surface area contributed by atoms with Crippen molar-refractivity contribution in [1.29, 1.82) is 0 Å². The first-order valence-electron chi connectivity index (χ1n) is 3.64. The largest absolute Gasteiger partial charge is 0.469 e. The topological polar surface area (TPSA) is 38.3 Å². The fourth-order valence-electron chi connectivity index (χ4n) is 1.32. The standard InChI is InChI=1S/C7H12FNO2.ClH/c1-11-7(10)6-4-9-3-5(6)2-8;/h5-6,9H,2-4H2,1H3;1H/t5-,6-;/m1./s1. The van der Waals surface area contributed by atoms with Gasteiger partial charge in [-0.05, 0) is 0 Å². The Morgan fingerprint density at radius 1 is 1.67 bits per heavy atom. The van der Waals surface area contributed by atoms with Crippen LogP contribution in [-0.4, -0.2) is 32.8 Å². The van der Waals surface area contributed by atoms with Gasteiger partial charge in [-0.25, -0.2) is 0 Å². The van der Waals surface area contributed by atoms with Crippen molar-refractivity contribution in [2.75, 3.05) is 26.9 Å². The summed E-state index contributed by atoms with van der Waals surface area (Å²) < 4.78 is 16.7. The molecule has 1 aliphatic rings. The number of hydrogen-bond donors (Lipinski definition) is 1. The fraction of sp³-hybridized carbons (Fsp3) is 0.857. The zero-order valence-corrected chi connectivity index (χ0v) is 7.70. The van der Waals surface area contributed by atoms with Crippen LogP contribution in [0.4, 0.5) is 4.39 Å². The second kappa shape index (κ2) is 5.32. The zero-order valence-electron chi connectivity index (χ0n) is 6.88. The van der Waals surface area contributed by atoms with E-state index in [-0.39, 0.29) is 30.2 Å². The number of ether oxygens (including phenoxy) is 1. The number of nitrogens with one attached hydrogen (secondary N) is 1. The molecule has 0 radical (unpaired) electrons. The van der Waals surface area contributed by atoms with Crippen molar-refractivity contribution >= 4 is 18.4 Å². The maximum Gasteiger partial charge on any atom is 0.310 e. The lowest BCUT2D eigenvalue weighted by molar-refractivity contribution is -0.146. The van der Waals surface area contributed by atoms with Crippen LogP contribution in [0.3, 0.4) is 0 Å². The first kappa shape index (κ1) is 11.6. The van der Waals surface area contributed by atoms with E-state index in [1.165, 1.54) is 7.11 Å². The Kier molecular flexibility index (Phi) is 5.17. The Balaban J connectivity index is 0.00000121. The maximum absolute atomic E-state index is 12.2. The van der Waals surface area contributed by atoms with Crippen LogP contribution in [0.2, 0.25) is 0 Å². The Hall–Kier alpha value is -0.350. The van der Waals surface area contributed by atoms with Gasteiger partial charge in [0.05, 0.1) is 19.7 Å². The Bertz CT molecular complexity index is 156. The average molecular weight is 198 g/mol. The fourth-order valence-corrected chi connectivity index (χ4v) is 1.32. The van der Waals surface area contributed by atoms with Gasteiger partial charge < -0.3 is 10.1 Å². The molecule has 0 aromatic carbocycles. The molecule has 2 atom stereocenters. The van der Waals surface area contributed by atoms with E-state index in [1.807, 2.05) is 0 Å². The van der Waals surface area contributed by atoms with Crippen LogP contribution in [0.1, 0.15) is 0 Å². The van der Waals surface area contributed by atoms with E-state index in [2.05, 4.69) is 10.1 Å². The third-order valence-electron chi connectivity index (χ3n) is 2.04. The highest BCUT2D eigenvalue weighted by molar-refractivity contribution is 5.85. The van der Waals surface area contributed by atoms with Crippen molar-refractivity contribution in [2.24, 2.45) is 11.8 Å². The molecule has 0 spiro atoms. The van der Waals surface area contributed by atoms with Gasteiger partial charge in [0.25, 0.3) is 0 Å². The van der Waals surface area contributed by atoms with Gasteiger partial charge in [-0.1, -0.05) is 0 Å². The van der Waals surface area contributed by atoms with E-state index in [9.17, 15) is 9.18 Å². The van der Waals surface area contributed by atoms with Crippen molar-refractivity contribution in [3.05, 3.63) is 0 Å². The molecule has 72 valence electrons. The highest BCUT2D eigenvalue weighted by Gasteiger charge is 2.33. The number of hydrogen-bond acceptors (Lipinski definition) is 3. The van der Waals surface area contributed by atoms with Gasteiger partial charge in [0, 0.05) is 19.0 Å². The molecule has 3 nitrogen and oxygen atoms in total. The summed E-state index contributed by atoms with van der Waals surface area (Å²) in [4.78, 5) is 11.0. The van der Waals surface area contributed by atoms with Crippen LogP contribution < -0.4 is 5.32 Å². The summed E-state index contributed by atoms with van der Waals surface area (Å²) in [6.07, 6.45) is 0. The third-order valence-corrected chi connectivity index (χ3v) is 2.04. The van der Waals surface area contributed by atoms with Crippen molar-refractivity contribution in [3.63, 3.8) is 0 Å². The van der Waals surface area contributed by atoms with Gasteiger partial charge in [0.2, 0.25) is 0 Å². The minimum Gasteiger partial charge on any atom is -0.469 e. The van der Waals surface area contributed by atoms with E-state index in [0.717, 1.165) is 0 Å². The number of carbonyl (C=O) groups is 1. The second-order valence-corrected chi connectivity index (χ2v) is 2.70.